The summed E-state index contributed by atoms with van der Waals surface area (Å²) < 4.78 is 37.5. The first-order valence-corrected chi connectivity index (χ1v) is 15.3. The lowest BCUT2D eigenvalue weighted by atomic mass is 10.3. The number of hydrogen-bond acceptors (Lipinski definition) is 8. The Morgan fingerprint density at radius 3 is 1.00 bits per heavy atom. The van der Waals surface area contributed by atoms with E-state index < -0.39 is 17.6 Å². The largest absolute Gasteiger partial charge is 0.519 e. The summed E-state index contributed by atoms with van der Waals surface area (Å²) in [6.45, 7) is 19.4. The standard InChI is InChI=1S/C20H47NO7Si2/c1-9-19(29(23-11-3,24-12-4)25-13-5)21(17-18-22)20(10-2)30(26-14-6,27-15-7)28-16-8/h19-20,22H,9-18H2,1-8H3. The van der Waals surface area contributed by atoms with Crippen LogP contribution in [0, 0.1) is 0 Å². The molecule has 2 unspecified atom stereocenters. The van der Waals surface area contributed by atoms with Gasteiger partial charge in [-0.3, -0.25) is 4.90 Å². The van der Waals surface area contributed by atoms with Crippen LogP contribution in [0.25, 0.3) is 0 Å². The fourth-order valence-electron chi connectivity index (χ4n) is 4.05. The molecule has 0 aromatic carbocycles. The Kier molecular flexibility index (Phi) is 16.8. The number of nitrogens with zero attached hydrogens (tertiary/aromatic N) is 1. The van der Waals surface area contributed by atoms with Gasteiger partial charge in [-0.15, -0.1) is 0 Å². The van der Waals surface area contributed by atoms with E-state index in [1.807, 2.05) is 41.5 Å². The number of aliphatic hydroxyl groups is 1. The molecule has 30 heavy (non-hydrogen) atoms. The van der Waals surface area contributed by atoms with E-state index >= 15 is 0 Å². The Bertz CT molecular complexity index is 353. The van der Waals surface area contributed by atoms with Crippen LogP contribution in [0.4, 0.5) is 0 Å². The molecule has 2 atom stereocenters. The maximum Gasteiger partial charge on any atom is 0.519 e. The smallest absolute Gasteiger partial charge is 0.395 e. The van der Waals surface area contributed by atoms with Crippen molar-refractivity contribution >= 4 is 17.6 Å². The first-order valence-electron chi connectivity index (χ1n) is 11.7. The molecule has 0 aliphatic heterocycles. The molecule has 0 aliphatic carbocycles. The average Bonchev–Trinajstić information content (AvgIpc) is 2.70. The molecule has 0 fully saturated rings. The summed E-state index contributed by atoms with van der Waals surface area (Å²) in [7, 11) is -6.16. The van der Waals surface area contributed by atoms with Crippen molar-refractivity contribution in [2.75, 3.05) is 52.8 Å². The highest BCUT2D eigenvalue weighted by molar-refractivity contribution is 6.64. The molecular formula is C20H47NO7Si2. The zero-order valence-electron chi connectivity index (χ0n) is 20.6. The first kappa shape index (κ1) is 30.1. The zero-order chi connectivity index (χ0) is 23.0. The number of hydrogen-bond donors (Lipinski definition) is 1. The second kappa shape index (κ2) is 16.7. The third kappa shape index (κ3) is 7.91. The summed E-state index contributed by atoms with van der Waals surface area (Å²) in [4.78, 5) is 2.22. The summed E-state index contributed by atoms with van der Waals surface area (Å²) in [6, 6.07) is 0. The third-order valence-corrected chi connectivity index (χ3v) is 12.1. The monoisotopic (exact) mass is 469 g/mol. The van der Waals surface area contributed by atoms with Gasteiger partial charge in [-0.05, 0) is 54.4 Å². The van der Waals surface area contributed by atoms with E-state index in [0.717, 1.165) is 12.8 Å². The molecule has 0 aromatic rings. The van der Waals surface area contributed by atoms with Gasteiger partial charge in [0.15, 0.2) is 0 Å². The van der Waals surface area contributed by atoms with E-state index in [2.05, 4.69) is 18.7 Å². The van der Waals surface area contributed by atoms with Crippen LogP contribution in [0.15, 0.2) is 0 Å². The Labute approximate surface area is 186 Å². The van der Waals surface area contributed by atoms with Crippen LogP contribution in [0.5, 0.6) is 0 Å². The van der Waals surface area contributed by atoms with Crippen molar-refractivity contribution in [2.45, 2.75) is 79.6 Å². The molecule has 0 bridgehead atoms. The van der Waals surface area contributed by atoms with Gasteiger partial charge in [-0.25, -0.2) is 0 Å². The van der Waals surface area contributed by atoms with Crippen molar-refractivity contribution < 1.29 is 31.7 Å². The molecule has 0 spiro atoms. The normalized spacial score (nSPS) is 15.0. The van der Waals surface area contributed by atoms with Crippen LogP contribution < -0.4 is 0 Å². The first-order chi connectivity index (χ1) is 14.5. The minimum atomic E-state index is -3.08. The lowest BCUT2D eigenvalue weighted by molar-refractivity contribution is -0.00210. The fraction of sp³-hybridized carbons (Fsp3) is 1.00. The van der Waals surface area contributed by atoms with Gasteiger partial charge in [0.1, 0.15) is 0 Å². The quantitative estimate of drug-likeness (QED) is 0.273. The topological polar surface area (TPSA) is 78.9 Å². The Morgan fingerprint density at radius 2 is 0.833 bits per heavy atom. The van der Waals surface area contributed by atoms with Gasteiger partial charge in [0, 0.05) is 46.2 Å². The molecule has 0 saturated heterocycles. The Morgan fingerprint density at radius 1 is 0.567 bits per heavy atom. The molecule has 0 amide bonds. The molecule has 1 N–H and O–H groups in total. The van der Waals surface area contributed by atoms with Gasteiger partial charge in [-0.1, -0.05) is 13.8 Å². The van der Waals surface area contributed by atoms with E-state index in [1.54, 1.807) is 0 Å². The maximum absolute atomic E-state index is 9.98. The predicted molar refractivity (Wildman–Crippen MR) is 123 cm³/mol. The molecule has 0 aliphatic rings. The van der Waals surface area contributed by atoms with Gasteiger partial charge >= 0.3 is 17.6 Å². The van der Waals surface area contributed by atoms with Crippen molar-refractivity contribution in [3.8, 4) is 0 Å². The van der Waals surface area contributed by atoms with Crippen LogP contribution in [0.1, 0.15) is 68.2 Å². The van der Waals surface area contributed by atoms with Crippen molar-refractivity contribution in [1.29, 1.82) is 0 Å². The summed E-state index contributed by atoms with van der Waals surface area (Å²) in [6.07, 6.45) is 1.50. The van der Waals surface area contributed by atoms with E-state index in [0.29, 0.717) is 46.2 Å². The van der Waals surface area contributed by atoms with Crippen molar-refractivity contribution in [3.63, 3.8) is 0 Å². The molecule has 0 saturated carbocycles. The van der Waals surface area contributed by atoms with Crippen LogP contribution in [0.2, 0.25) is 0 Å². The van der Waals surface area contributed by atoms with Gasteiger partial charge < -0.3 is 31.7 Å². The molecule has 0 radical (unpaired) electrons. The highest BCUT2D eigenvalue weighted by Crippen LogP contribution is 2.30. The fourth-order valence-corrected chi connectivity index (χ4v) is 10.7. The third-order valence-electron chi connectivity index (χ3n) is 4.82. The maximum atomic E-state index is 9.98. The van der Waals surface area contributed by atoms with Crippen LogP contribution in [-0.2, 0) is 26.6 Å². The zero-order valence-corrected chi connectivity index (χ0v) is 22.6. The lowest BCUT2D eigenvalue weighted by Crippen LogP contribution is -2.71. The summed E-state index contributed by atoms with van der Waals surface area (Å²) >= 11 is 0. The van der Waals surface area contributed by atoms with Crippen LogP contribution >= 0.6 is 0 Å². The van der Waals surface area contributed by atoms with E-state index in [9.17, 15) is 5.11 Å². The van der Waals surface area contributed by atoms with Crippen LogP contribution in [0.3, 0.4) is 0 Å². The highest BCUT2D eigenvalue weighted by Gasteiger charge is 2.58. The van der Waals surface area contributed by atoms with Gasteiger partial charge in [0.25, 0.3) is 0 Å². The van der Waals surface area contributed by atoms with E-state index in [1.165, 1.54) is 0 Å². The molecule has 0 heterocycles. The molecule has 182 valence electrons. The minimum absolute atomic E-state index is 0.00326. The molecule has 10 heteroatoms. The lowest BCUT2D eigenvalue weighted by Gasteiger charge is -2.47. The minimum Gasteiger partial charge on any atom is -0.395 e. The number of aliphatic hydroxyl groups excluding tert-OH is 1. The summed E-state index contributed by atoms with van der Waals surface area (Å²) in [5, 5.41) is 9.98. The van der Waals surface area contributed by atoms with Crippen molar-refractivity contribution in [3.05, 3.63) is 0 Å². The second-order valence-electron chi connectivity index (χ2n) is 6.61. The molecule has 8 nitrogen and oxygen atoms in total. The average molecular weight is 470 g/mol. The molecule has 0 rings (SSSR count). The van der Waals surface area contributed by atoms with Gasteiger partial charge in [-0.2, -0.15) is 0 Å². The summed E-state index contributed by atoms with van der Waals surface area (Å²) in [5.74, 6) is 0. The molecule has 0 aromatic heterocycles. The summed E-state index contributed by atoms with van der Waals surface area (Å²) in [5.41, 5.74) is -0.301. The molecular weight excluding hydrogens is 422 g/mol. The van der Waals surface area contributed by atoms with E-state index in [4.69, 9.17) is 26.6 Å². The van der Waals surface area contributed by atoms with Crippen molar-refractivity contribution in [1.82, 2.24) is 4.90 Å². The Balaban J connectivity index is 6.48. The van der Waals surface area contributed by atoms with E-state index in [-0.39, 0.29) is 17.9 Å². The van der Waals surface area contributed by atoms with Crippen molar-refractivity contribution in [2.24, 2.45) is 0 Å². The Hall–Kier alpha value is 0.114. The highest BCUT2D eigenvalue weighted by atomic mass is 28.4. The van der Waals surface area contributed by atoms with Crippen LogP contribution in [-0.4, -0.2) is 91.7 Å². The SMILES string of the molecule is CCO[Si](OCC)(OCC)C(CC)N(CCO)C(CC)[Si](OCC)(OCC)OCC. The number of rotatable bonds is 20. The second-order valence-corrected chi connectivity index (χ2v) is 12.1. The predicted octanol–water partition coefficient (Wildman–Crippen LogP) is 3.01. The van der Waals surface area contributed by atoms with Gasteiger partial charge in [0.05, 0.1) is 17.9 Å². The van der Waals surface area contributed by atoms with Gasteiger partial charge in [0.2, 0.25) is 0 Å².